The summed E-state index contributed by atoms with van der Waals surface area (Å²) >= 11 is 0. The van der Waals surface area contributed by atoms with Gasteiger partial charge in [0.1, 0.15) is 5.97 Å². The SMILES string of the molecule is CC(=O)OCC(=O)OC(c1ccccc1)C(F)(F)C(=O)[O-]. The third-order valence-electron chi connectivity index (χ3n) is 2.35. The molecule has 0 aliphatic carbocycles. The molecule has 0 amide bonds. The molecule has 0 radical (unpaired) electrons. The van der Waals surface area contributed by atoms with Gasteiger partial charge in [0.15, 0.2) is 12.7 Å². The van der Waals surface area contributed by atoms with Gasteiger partial charge in [-0.2, -0.15) is 8.78 Å². The Morgan fingerprint density at radius 1 is 1.24 bits per heavy atom. The fourth-order valence-corrected chi connectivity index (χ4v) is 1.41. The van der Waals surface area contributed by atoms with Crippen molar-refractivity contribution in [3.63, 3.8) is 0 Å². The zero-order chi connectivity index (χ0) is 16.0. The van der Waals surface area contributed by atoms with Crippen LogP contribution in [0.1, 0.15) is 18.6 Å². The molecule has 6 nitrogen and oxygen atoms in total. The quantitative estimate of drug-likeness (QED) is 0.698. The number of alkyl halides is 2. The number of hydrogen-bond acceptors (Lipinski definition) is 6. The molecular formula is C13H11F2O6-. The van der Waals surface area contributed by atoms with E-state index in [9.17, 15) is 28.3 Å². The number of ether oxygens (including phenoxy) is 2. The van der Waals surface area contributed by atoms with Gasteiger partial charge >= 0.3 is 17.9 Å². The Kier molecular flexibility index (Phi) is 5.34. The van der Waals surface area contributed by atoms with Crippen LogP contribution < -0.4 is 5.11 Å². The maximum absolute atomic E-state index is 13.6. The highest BCUT2D eigenvalue weighted by atomic mass is 19.3. The number of carbonyl (C=O) groups excluding carboxylic acids is 3. The van der Waals surface area contributed by atoms with E-state index in [2.05, 4.69) is 9.47 Å². The molecular weight excluding hydrogens is 290 g/mol. The Bertz CT molecular complexity index is 529. The summed E-state index contributed by atoms with van der Waals surface area (Å²) in [6.07, 6.45) is -2.38. The first-order valence-corrected chi connectivity index (χ1v) is 5.72. The first-order valence-electron chi connectivity index (χ1n) is 5.72. The summed E-state index contributed by atoms with van der Waals surface area (Å²) < 4.78 is 35.9. The van der Waals surface area contributed by atoms with Crippen molar-refractivity contribution in [2.45, 2.75) is 19.0 Å². The number of rotatable bonds is 6. The summed E-state index contributed by atoms with van der Waals surface area (Å²) in [5.41, 5.74) is -0.233. The van der Waals surface area contributed by atoms with Crippen molar-refractivity contribution in [2.75, 3.05) is 6.61 Å². The van der Waals surface area contributed by atoms with Gasteiger partial charge in [-0.1, -0.05) is 30.3 Å². The van der Waals surface area contributed by atoms with Gasteiger partial charge in [-0.15, -0.1) is 0 Å². The van der Waals surface area contributed by atoms with Crippen molar-refractivity contribution in [3.05, 3.63) is 35.9 Å². The minimum atomic E-state index is -4.44. The Morgan fingerprint density at radius 3 is 2.29 bits per heavy atom. The minimum absolute atomic E-state index is 0.233. The lowest BCUT2D eigenvalue weighted by Gasteiger charge is -2.27. The van der Waals surface area contributed by atoms with Gasteiger partial charge in [-0.3, -0.25) is 4.79 Å². The van der Waals surface area contributed by atoms with Crippen molar-refractivity contribution in [2.24, 2.45) is 0 Å². The fraction of sp³-hybridized carbons (Fsp3) is 0.308. The summed E-state index contributed by atoms with van der Waals surface area (Å²) in [6, 6.07) is 6.58. The monoisotopic (exact) mass is 301 g/mol. The zero-order valence-electron chi connectivity index (χ0n) is 10.9. The second-order valence-electron chi connectivity index (χ2n) is 3.97. The summed E-state index contributed by atoms with van der Waals surface area (Å²) in [5.74, 6) is -9.24. The van der Waals surface area contributed by atoms with Gasteiger partial charge in [0.05, 0.1) is 0 Å². The Labute approximate surface area is 118 Å². The van der Waals surface area contributed by atoms with Gasteiger partial charge in [-0.05, 0) is 5.56 Å². The van der Waals surface area contributed by atoms with E-state index in [1.165, 1.54) is 30.3 Å². The predicted molar refractivity (Wildman–Crippen MR) is 61.9 cm³/mol. The number of carboxylic acid groups (broad SMARTS) is 1. The van der Waals surface area contributed by atoms with Crippen LogP contribution >= 0.6 is 0 Å². The molecule has 0 aliphatic rings. The summed E-state index contributed by atoms with van der Waals surface area (Å²) in [6.45, 7) is 0.111. The maximum Gasteiger partial charge on any atom is 0.345 e. The van der Waals surface area contributed by atoms with Gasteiger partial charge in [0, 0.05) is 6.92 Å². The largest absolute Gasteiger partial charge is 0.544 e. The molecule has 1 atom stereocenters. The van der Waals surface area contributed by atoms with E-state index in [0.29, 0.717) is 0 Å². The van der Waals surface area contributed by atoms with Crippen LogP contribution in [-0.4, -0.2) is 30.4 Å². The Balaban J connectivity index is 2.96. The number of carboxylic acids is 1. The van der Waals surface area contributed by atoms with E-state index in [-0.39, 0.29) is 5.56 Å². The van der Waals surface area contributed by atoms with Crippen LogP contribution in [0, 0.1) is 0 Å². The van der Waals surface area contributed by atoms with Crippen LogP contribution in [0.2, 0.25) is 0 Å². The molecule has 1 rings (SSSR count). The molecule has 0 spiro atoms. The average molecular weight is 301 g/mol. The topological polar surface area (TPSA) is 92.7 Å². The first-order chi connectivity index (χ1) is 9.75. The molecule has 0 aliphatic heterocycles. The molecule has 114 valence electrons. The van der Waals surface area contributed by atoms with Crippen LogP contribution in [0.15, 0.2) is 30.3 Å². The van der Waals surface area contributed by atoms with Crippen molar-refractivity contribution in [3.8, 4) is 0 Å². The molecule has 8 heteroatoms. The molecule has 1 aromatic rings. The van der Waals surface area contributed by atoms with Gasteiger partial charge < -0.3 is 19.4 Å². The lowest BCUT2D eigenvalue weighted by Crippen LogP contribution is -2.47. The summed E-state index contributed by atoms with van der Waals surface area (Å²) in [5, 5.41) is 10.5. The van der Waals surface area contributed by atoms with Crippen molar-refractivity contribution in [1.29, 1.82) is 0 Å². The number of esters is 2. The van der Waals surface area contributed by atoms with Gasteiger partial charge in [-0.25, -0.2) is 4.79 Å². The van der Waals surface area contributed by atoms with E-state index in [1.807, 2.05) is 0 Å². The highest BCUT2D eigenvalue weighted by molar-refractivity contribution is 5.78. The van der Waals surface area contributed by atoms with Gasteiger partial charge in [0.2, 0.25) is 0 Å². The molecule has 0 bridgehead atoms. The first kappa shape index (κ1) is 16.5. The lowest BCUT2D eigenvalue weighted by atomic mass is 10.0. The maximum atomic E-state index is 13.6. The van der Waals surface area contributed by atoms with E-state index in [4.69, 9.17) is 0 Å². The number of halogens is 2. The van der Waals surface area contributed by atoms with Crippen LogP contribution in [0.5, 0.6) is 0 Å². The zero-order valence-corrected chi connectivity index (χ0v) is 10.9. The molecule has 21 heavy (non-hydrogen) atoms. The molecule has 1 aromatic carbocycles. The van der Waals surface area contributed by atoms with E-state index < -0.39 is 36.5 Å². The van der Waals surface area contributed by atoms with Crippen LogP contribution in [0.25, 0.3) is 0 Å². The third kappa shape index (κ3) is 4.51. The molecule has 0 aromatic heterocycles. The molecule has 0 fully saturated rings. The Hall–Kier alpha value is -2.51. The highest BCUT2D eigenvalue weighted by Crippen LogP contribution is 2.34. The second-order valence-corrected chi connectivity index (χ2v) is 3.97. The fourth-order valence-electron chi connectivity index (χ4n) is 1.41. The summed E-state index contributed by atoms with van der Waals surface area (Å²) in [4.78, 5) is 32.4. The molecule has 0 saturated carbocycles. The van der Waals surface area contributed by atoms with Crippen molar-refractivity contribution < 1.29 is 37.7 Å². The molecule has 1 unspecified atom stereocenters. The second kappa shape index (κ2) is 6.78. The number of hydrogen-bond donors (Lipinski definition) is 0. The lowest BCUT2D eigenvalue weighted by molar-refractivity contribution is -0.337. The van der Waals surface area contributed by atoms with Gasteiger partial charge in [0.25, 0.3) is 0 Å². The highest BCUT2D eigenvalue weighted by Gasteiger charge is 2.45. The number of benzene rings is 1. The number of aliphatic carboxylic acids is 1. The molecule has 0 saturated heterocycles. The van der Waals surface area contributed by atoms with Crippen LogP contribution in [0.3, 0.4) is 0 Å². The van der Waals surface area contributed by atoms with Crippen LogP contribution in [-0.2, 0) is 23.9 Å². The smallest absolute Gasteiger partial charge is 0.345 e. The Morgan fingerprint density at radius 2 is 1.81 bits per heavy atom. The molecule has 0 heterocycles. The molecule has 0 N–H and O–H groups in total. The standard InChI is InChI=1S/C13H12F2O6/c1-8(16)20-7-10(17)21-11(13(14,15)12(18)19)9-5-3-2-4-6-9/h2-6,11H,7H2,1H3,(H,18,19)/p-1. The normalized spacial score (nSPS) is 12.3. The van der Waals surface area contributed by atoms with E-state index in [1.54, 1.807) is 0 Å². The minimum Gasteiger partial charge on any atom is -0.544 e. The third-order valence-corrected chi connectivity index (χ3v) is 2.35. The van der Waals surface area contributed by atoms with Crippen molar-refractivity contribution >= 4 is 17.9 Å². The van der Waals surface area contributed by atoms with E-state index >= 15 is 0 Å². The van der Waals surface area contributed by atoms with Crippen LogP contribution in [0.4, 0.5) is 8.78 Å². The van der Waals surface area contributed by atoms with Crippen molar-refractivity contribution in [1.82, 2.24) is 0 Å². The van der Waals surface area contributed by atoms with E-state index in [0.717, 1.165) is 6.92 Å². The summed E-state index contributed by atoms with van der Waals surface area (Å²) in [7, 11) is 0. The number of carbonyl (C=O) groups is 3. The predicted octanol–water partition coefficient (Wildman–Crippen LogP) is 0.219. The average Bonchev–Trinajstić information content (AvgIpc) is 2.43.